The maximum atomic E-state index is 13.0. The molecule has 29 heavy (non-hydrogen) atoms. The van der Waals surface area contributed by atoms with Crippen LogP contribution < -0.4 is 9.64 Å². The van der Waals surface area contributed by atoms with Crippen LogP contribution in [0, 0.1) is 11.3 Å². The molecule has 0 aromatic heterocycles. The number of ether oxygens (including phenoxy) is 1. The predicted octanol–water partition coefficient (Wildman–Crippen LogP) is 4.96. The third kappa shape index (κ3) is 3.93. The van der Waals surface area contributed by atoms with E-state index in [-0.39, 0.29) is 18.2 Å². The first-order valence-electron chi connectivity index (χ1n) is 9.41. The standard InChI is InChI=1S/C22H20ClN3O2S/c1-2-28-18-9-7-17(8-10-18)25-13-26-21(27)11-19(15-3-5-16(23)6-4-15)20(12-24)22(26)29-14-25/h3-10,19H,2,11,13-14H2,1H3/t19-/m1/s1. The number of nitrogens with zero attached hydrogens (tertiary/aromatic N) is 3. The highest BCUT2D eigenvalue weighted by Crippen LogP contribution is 2.43. The van der Waals surface area contributed by atoms with Crippen molar-refractivity contribution in [1.29, 1.82) is 5.26 Å². The van der Waals surface area contributed by atoms with E-state index < -0.39 is 0 Å². The lowest BCUT2D eigenvalue weighted by Crippen LogP contribution is -2.47. The molecule has 1 fully saturated rings. The summed E-state index contributed by atoms with van der Waals surface area (Å²) in [5.74, 6) is 1.31. The first kappa shape index (κ1) is 19.7. The number of carbonyl (C=O) groups is 1. The number of hydrogen-bond acceptors (Lipinski definition) is 5. The van der Waals surface area contributed by atoms with Crippen molar-refractivity contribution in [2.75, 3.05) is 24.1 Å². The second-order valence-electron chi connectivity index (χ2n) is 6.84. The Kier molecular flexibility index (Phi) is 5.70. The molecule has 2 aromatic rings. The van der Waals surface area contributed by atoms with Crippen LogP contribution in [0.15, 0.2) is 59.1 Å². The number of benzene rings is 2. The van der Waals surface area contributed by atoms with Crippen molar-refractivity contribution in [3.05, 3.63) is 69.7 Å². The molecule has 4 rings (SSSR count). The van der Waals surface area contributed by atoms with Gasteiger partial charge in [0.2, 0.25) is 5.91 Å². The lowest BCUT2D eigenvalue weighted by atomic mass is 9.86. The Hall–Kier alpha value is -2.62. The van der Waals surface area contributed by atoms with E-state index in [4.69, 9.17) is 16.3 Å². The van der Waals surface area contributed by atoms with E-state index in [9.17, 15) is 10.1 Å². The zero-order chi connectivity index (χ0) is 20.4. The van der Waals surface area contributed by atoms with Crippen LogP contribution in [0.25, 0.3) is 0 Å². The number of allylic oxidation sites excluding steroid dienone is 1. The SMILES string of the molecule is CCOc1ccc(N2CSC3=C(C#N)[C@@H](c4ccc(Cl)cc4)CC(=O)N3C2)cc1. The molecular formula is C22H20ClN3O2S. The van der Waals surface area contributed by atoms with Crippen molar-refractivity contribution in [2.24, 2.45) is 0 Å². The van der Waals surface area contributed by atoms with Crippen LogP contribution in [0.2, 0.25) is 5.02 Å². The summed E-state index contributed by atoms with van der Waals surface area (Å²) >= 11 is 7.53. The summed E-state index contributed by atoms with van der Waals surface area (Å²) in [7, 11) is 0. The minimum atomic E-state index is -0.222. The van der Waals surface area contributed by atoms with Gasteiger partial charge in [-0.15, -0.1) is 0 Å². The average molecular weight is 426 g/mol. The first-order valence-corrected chi connectivity index (χ1v) is 10.8. The van der Waals surface area contributed by atoms with Crippen LogP contribution in [0.1, 0.15) is 24.8 Å². The molecule has 7 heteroatoms. The van der Waals surface area contributed by atoms with E-state index in [2.05, 4.69) is 11.0 Å². The molecule has 0 bridgehead atoms. The number of carbonyl (C=O) groups excluding carboxylic acids is 1. The Morgan fingerprint density at radius 3 is 2.59 bits per heavy atom. The summed E-state index contributed by atoms with van der Waals surface area (Å²) in [6.07, 6.45) is 0.283. The summed E-state index contributed by atoms with van der Waals surface area (Å²) in [6.45, 7) is 3.02. The van der Waals surface area contributed by atoms with E-state index in [1.54, 1.807) is 17.0 Å². The molecule has 5 nitrogen and oxygen atoms in total. The van der Waals surface area contributed by atoms with Gasteiger partial charge < -0.3 is 9.64 Å². The molecule has 2 aromatic carbocycles. The summed E-state index contributed by atoms with van der Waals surface area (Å²) < 4.78 is 5.50. The van der Waals surface area contributed by atoms with Crippen molar-refractivity contribution in [1.82, 2.24) is 4.90 Å². The number of hydrogen-bond donors (Lipinski definition) is 0. The predicted molar refractivity (Wildman–Crippen MR) is 116 cm³/mol. The number of anilines is 1. The molecule has 0 N–H and O–H groups in total. The van der Waals surface area contributed by atoms with Gasteiger partial charge in [0.15, 0.2) is 0 Å². The van der Waals surface area contributed by atoms with E-state index in [0.29, 0.717) is 29.7 Å². The van der Waals surface area contributed by atoms with Gasteiger partial charge in [-0.25, -0.2) is 0 Å². The maximum absolute atomic E-state index is 13.0. The minimum Gasteiger partial charge on any atom is -0.494 e. The fourth-order valence-electron chi connectivity index (χ4n) is 3.63. The second kappa shape index (κ2) is 8.40. The van der Waals surface area contributed by atoms with E-state index in [1.165, 1.54) is 11.8 Å². The van der Waals surface area contributed by atoms with Crippen LogP contribution in [-0.4, -0.2) is 30.0 Å². The highest BCUT2D eigenvalue weighted by atomic mass is 35.5. The van der Waals surface area contributed by atoms with Gasteiger partial charge in [0, 0.05) is 23.0 Å². The van der Waals surface area contributed by atoms with Crippen molar-refractivity contribution >= 4 is 35.0 Å². The molecule has 2 aliphatic heterocycles. The highest BCUT2D eigenvalue weighted by molar-refractivity contribution is 8.03. The lowest BCUT2D eigenvalue weighted by Gasteiger charge is -2.42. The molecule has 2 heterocycles. The van der Waals surface area contributed by atoms with Crippen molar-refractivity contribution in [2.45, 2.75) is 19.3 Å². The van der Waals surface area contributed by atoms with Crippen molar-refractivity contribution < 1.29 is 9.53 Å². The third-order valence-corrected chi connectivity index (χ3v) is 6.49. The van der Waals surface area contributed by atoms with Crippen LogP contribution >= 0.6 is 23.4 Å². The third-order valence-electron chi connectivity index (χ3n) is 5.08. The molecule has 0 radical (unpaired) electrons. The van der Waals surface area contributed by atoms with Gasteiger partial charge >= 0.3 is 0 Å². The molecular weight excluding hydrogens is 406 g/mol. The Morgan fingerprint density at radius 1 is 1.21 bits per heavy atom. The second-order valence-corrected chi connectivity index (χ2v) is 8.21. The smallest absolute Gasteiger partial charge is 0.229 e. The summed E-state index contributed by atoms with van der Waals surface area (Å²) in [5.41, 5.74) is 2.62. The molecule has 0 unspecified atom stereocenters. The molecule has 0 aliphatic carbocycles. The van der Waals surface area contributed by atoms with Gasteiger partial charge in [0.25, 0.3) is 0 Å². The summed E-state index contributed by atoms with van der Waals surface area (Å²) in [5, 5.41) is 11.3. The first-order chi connectivity index (χ1) is 14.1. The fraction of sp³-hybridized carbons (Fsp3) is 0.273. The lowest BCUT2D eigenvalue weighted by molar-refractivity contribution is -0.129. The van der Waals surface area contributed by atoms with E-state index in [0.717, 1.165) is 22.0 Å². The number of nitriles is 1. The van der Waals surface area contributed by atoms with Gasteiger partial charge in [0.1, 0.15) is 5.75 Å². The van der Waals surface area contributed by atoms with E-state index in [1.807, 2.05) is 43.3 Å². The quantitative estimate of drug-likeness (QED) is 0.693. The molecule has 1 amide bonds. The Balaban J connectivity index is 1.59. The molecule has 2 aliphatic rings. The van der Waals surface area contributed by atoms with E-state index >= 15 is 0 Å². The molecule has 0 saturated carbocycles. The van der Waals surface area contributed by atoms with Crippen molar-refractivity contribution in [3.8, 4) is 11.8 Å². The number of amides is 1. The summed E-state index contributed by atoms with van der Waals surface area (Å²) in [6, 6.07) is 17.6. The number of halogens is 1. The largest absolute Gasteiger partial charge is 0.494 e. The van der Waals surface area contributed by atoms with Gasteiger partial charge in [0.05, 0.1) is 35.8 Å². The molecule has 0 spiro atoms. The topological polar surface area (TPSA) is 56.6 Å². The molecule has 1 atom stereocenters. The van der Waals surface area contributed by atoms with Crippen LogP contribution in [0.4, 0.5) is 5.69 Å². The van der Waals surface area contributed by atoms with Gasteiger partial charge in [-0.3, -0.25) is 9.69 Å². The zero-order valence-corrected chi connectivity index (χ0v) is 17.5. The zero-order valence-electron chi connectivity index (χ0n) is 16.0. The normalized spacial score (nSPS) is 19.1. The Bertz CT molecular complexity index is 983. The number of fused-ring (bicyclic) bond motifs is 1. The number of rotatable bonds is 4. The Labute approximate surface area is 179 Å². The van der Waals surface area contributed by atoms with Gasteiger partial charge in [-0.1, -0.05) is 35.5 Å². The van der Waals surface area contributed by atoms with Gasteiger partial charge in [-0.05, 0) is 48.9 Å². The summed E-state index contributed by atoms with van der Waals surface area (Å²) in [4.78, 5) is 16.8. The van der Waals surface area contributed by atoms with Crippen LogP contribution in [0.3, 0.4) is 0 Å². The van der Waals surface area contributed by atoms with Crippen LogP contribution in [0.5, 0.6) is 5.75 Å². The fourth-order valence-corrected chi connectivity index (χ4v) is 4.92. The average Bonchev–Trinajstić information content (AvgIpc) is 2.75. The van der Waals surface area contributed by atoms with Gasteiger partial charge in [-0.2, -0.15) is 5.26 Å². The van der Waals surface area contributed by atoms with Crippen molar-refractivity contribution in [3.63, 3.8) is 0 Å². The molecule has 148 valence electrons. The monoisotopic (exact) mass is 425 g/mol. The minimum absolute atomic E-state index is 0.0297. The highest BCUT2D eigenvalue weighted by Gasteiger charge is 2.38. The molecule has 1 saturated heterocycles. The Morgan fingerprint density at radius 2 is 1.93 bits per heavy atom. The maximum Gasteiger partial charge on any atom is 0.229 e. The van der Waals surface area contributed by atoms with Crippen LogP contribution in [-0.2, 0) is 4.79 Å². The number of thioether (sulfide) groups is 1.